The van der Waals surface area contributed by atoms with Crippen LogP contribution < -0.4 is 0 Å². The van der Waals surface area contributed by atoms with Crippen molar-refractivity contribution in [3.05, 3.63) is 30.3 Å². The molecule has 2 unspecified atom stereocenters. The first-order valence-electron chi connectivity index (χ1n) is 6.85. The number of ether oxygens (including phenoxy) is 1. The molecule has 1 N–H and O–H groups in total. The van der Waals surface area contributed by atoms with Crippen LogP contribution in [0.25, 0.3) is 0 Å². The molecule has 1 saturated carbocycles. The summed E-state index contributed by atoms with van der Waals surface area (Å²) in [4.78, 5) is 23.1. The monoisotopic (exact) mass is 326 g/mol. The Bertz CT molecular complexity index is 677. The molecule has 0 aromatic heterocycles. The Morgan fingerprint density at radius 2 is 1.77 bits per heavy atom. The van der Waals surface area contributed by atoms with Gasteiger partial charge >= 0.3 is 11.9 Å². The van der Waals surface area contributed by atoms with Gasteiger partial charge in [0.25, 0.3) is 0 Å². The van der Waals surface area contributed by atoms with Gasteiger partial charge in [0.2, 0.25) is 0 Å². The minimum absolute atomic E-state index is 0.168. The summed E-state index contributed by atoms with van der Waals surface area (Å²) >= 11 is 0. The van der Waals surface area contributed by atoms with E-state index in [9.17, 15) is 18.0 Å². The van der Waals surface area contributed by atoms with E-state index in [-0.39, 0.29) is 17.3 Å². The fourth-order valence-electron chi connectivity index (χ4n) is 2.63. The molecule has 0 radical (unpaired) electrons. The zero-order valence-corrected chi connectivity index (χ0v) is 13.2. The van der Waals surface area contributed by atoms with E-state index in [0.29, 0.717) is 0 Å². The van der Waals surface area contributed by atoms with Crippen LogP contribution in [0.1, 0.15) is 13.8 Å². The number of benzene rings is 1. The maximum atomic E-state index is 12.0. The normalized spacial score (nSPS) is 22.8. The van der Waals surface area contributed by atoms with Gasteiger partial charge in [-0.15, -0.1) is 0 Å². The highest BCUT2D eigenvalue weighted by atomic mass is 32.2. The zero-order chi connectivity index (χ0) is 16.5. The highest BCUT2D eigenvalue weighted by molar-refractivity contribution is 7.91. The van der Waals surface area contributed by atoms with Crippen LogP contribution >= 0.6 is 0 Å². The Balaban J connectivity index is 1.90. The van der Waals surface area contributed by atoms with Gasteiger partial charge in [0, 0.05) is 0 Å². The second-order valence-electron chi connectivity index (χ2n) is 5.91. The first kappa shape index (κ1) is 16.5. The van der Waals surface area contributed by atoms with Crippen LogP contribution in [0.15, 0.2) is 35.2 Å². The average Bonchev–Trinajstić information content (AvgIpc) is 3.03. The van der Waals surface area contributed by atoms with Crippen LogP contribution in [-0.4, -0.2) is 37.8 Å². The SMILES string of the molecule is CC1(C)C(C(=O)O)C1C(=O)OCCS(=O)(=O)c1ccccc1. The number of hydrogen-bond donors (Lipinski definition) is 1. The number of rotatable bonds is 6. The van der Waals surface area contributed by atoms with Crippen molar-refractivity contribution in [3.63, 3.8) is 0 Å². The smallest absolute Gasteiger partial charge is 0.310 e. The molecule has 120 valence electrons. The number of carboxylic acids is 1. The van der Waals surface area contributed by atoms with E-state index in [2.05, 4.69) is 0 Å². The van der Waals surface area contributed by atoms with Gasteiger partial charge in [-0.2, -0.15) is 0 Å². The van der Waals surface area contributed by atoms with Gasteiger partial charge in [-0.1, -0.05) is 32.0 Å². The largest absolute Gasteiger partial charge is 0.481 e. The number of sulfone groups is 1. The lowest BCUT2D eigenvalue weighted by Crippen LogP contribution is -2.18. The van der Waals surface area contributed by atoms with Crippen LogP contribution in [0, 0.1) is 17.3 Å². The predicted octanol–water partition coefficient (Wildman–Crippen LogP) is 1.36. The molecular formula is C15H18O6S. The summed E-state index contributed by atoms with van der Waals surface area (Å²) < 4.78 is 29.0. The number of hydrogen-bond acceptors (Lipinski definition) is 5. The summed E-state index contributed by atoms with van der Waals surface area (Å²) in [6.45, 7) is 3.08. The third kappa shape index (κ3) is 3.14. The lowest BCUT2D eigenvalue weighted by molar-refractivity contribution is -0.148. The van der Waals surface area contributed by atoms with Crippen molar-refractivity contribution in [2.75, 3.05) is 12.4 Å². The molecule has 0 spiro atoms. The van der Waals surface area contributed by atoms with E-state index in [1.54, 1.807) is 32.0 Å². The van der Waals surface area contributed by atoms with Crippen molar-refractivity contribution >= 4 is 21.8 Å². The molecule has 1 fully saturated rings. The second kappa shape index (κ2) is 5.72. The number of esters is 1. The molecule has 0 saturated heterocycles. The van der Waals surface area contributed by atoms with Crippen LogP contribution in [0.4, 0.5) is 0 Å². The van der Waals surface area contributed by atoms with Crippen LogP contribution in [-0.2, 0) is 24.2 Å². The molecule has 7 heteroatoms. The summed E-state index contributed by atoms with van der Waals surface area (Å²) in [5.74, 6) is -3.51. The predicted molar refractivity (Wildman–Crippen MR) is 77.9 cm³/mol. The van der Waals surface area contributed by atoms with Gasteiger partial charge in [0.1, 0.15) is 6.61 Å². The van der Waals surface area contributed by atoms with Gasteiger partial charge in [0.15, 0.2) is 9.84 Å². The van der Waals surface area contributed by atoms with Gasteiger partial charge < -0.3 is 9.84 Å². The van der Waals surface area contributed by atoms with Gasteiger partial charge in [-0.05, 0) is 17.5 Å². The van der Waals surface area contributed by atoms with Gasteiger partial charge in [0.05, 0.1) is 22.5 Å². The van der Waals surface area contributed by atoms with Crippen LogP contribution in [0.5, 0.6) is 0 Å². The average molecular weight is 326 g/mol. The first-order chi connectivity index (χ1) is 10.2. The van der Waals surface area contributed by atoms with Crippen LogP contribution in [0.2, 0.25) is 0 Å². The molecule has 1 aromatic rings. The van der Waals surface area contributed by atoms with Gasteiger partial charge in [-0.3, -0.25) is 9.59 Å². The van der Waals surface area contributed by atoms with E-state index >= 15 is 0 Å². The Labute approximate surface area is 129 Å². The van der Waals surface area contributed by atoms with Crippen molar-refractivity contribution in [2.24, 2.45) is 17.3 Å². The molecule has 6 nitrogen and oxygen atoms in total. The fraction of sp³-hybridized carbons (Fsp3) is 0.467. The van der Waals surface area contributed by atoms with E-state index in [1.807, 2.05) is 0 Å². The van der Waals surface area contributed by atoms with Crippen molar-refractivity contribution in [3.8, 4) is 0 Å². The lowest BCUT2D eigenvalue weighted by atomic mass is 10.1. The maximum absolute atomic E-state index is 12.0. The molecule has 0 bridgehead atoms. The van der Waals surface area contributed by atoms with Crippen LogP contribution in [0.3, 0.4) is 0 Å². The third-order valence-electron chi connectivity index (χ3n) is 4.05. The summed E-state index contributed by atoms with van der Waals surface area (Å²) in [6.07, 6.45) is 0. The highest BCUT2D eigenvalue weighted by Gasteiger charge is 2.66. The van der Waals surface area contributed by atoms with E-state index in [0.717, 1.165) is 0 Å². The molecule has 2 rings (SSSR count). The Kier molecular flexibility index (Phi) is 4.28. The molecule has 1 aromatic carbocycles. The Morgan fingerprint density at radius 1 is 1.18 bits per heavy atom. The molecule has 0 amide bonds. The Hall–Kier alpha value is -1.89. The standard InChI is InChI=1S/C15H18O6S/c1-15(2)11(13(16)17)12(15)14(18)21-8-9-22(19,20)10-6-4-3-5-7-10/h3-7,11-12H,8-9H2,1-2H3,(H,16,17). The summed E-state index contributed by atoms with van der Waals surface area (Å²) in [7, 11) is -3.51. The van der Waals surface area contributed by atoms with E-state index in [1.165, 1.54) is 12.1 Å². The van der Waals surface area contributed by atoms with Crippen molar-refractivity contribution in [2.45, 2.75) is 18.7 Å². The minimum Gasteiger partial charge on any atom is -0.481 e. The molecule has 1 aliphatic rings. The minimum atomic E-state index is -3.51. The summed E-state index contributed by atoms with van der Waals surface area (Å²) in [5, 5.41) is 9.01. The van der Waals surface area contributed by atoms with Crippen molar-refractivity contribution in [1.82, 2.24) is 0 Å². The topological polar surface area (TPSA) is 97.7 Å². The Morgan fingerprint density at radius 3 is 2.27 bits per heavy atom. The lowest BCUT2D eigenvalue weighted by Gasteiger charge is -2.07. The highest BCUT2D eigenvalue weighted by Crippen LogP contribution is 2.58. The molecule has 0 heterocycles. The third-order valence-corrected chi connectivity index (χ3v) is 5.74. The van der Waals surface area contributed by atoms with Crippen molar-refractivity contribution < 1.29 is 27.9 Å². The fourth-order valence-corrected chi connectivity index (χ4v) is 3.74. The molecular weight excluding hydrogens is 308 g/mol. The number of carbonyl (C=O) groups excluding carboxylic acids is 1. The quantitative estimate of drug-likeness (QED) is 0.793. The number of carboxylic acid groups (broad SMARTS) is 1. The molecule has 1 aliphatic carbocycles. The van der Waals surface area contributed by atoms with E-state index < -0.39 is 39.0 Å². The first-order valence-corrected chi connectivity index (χ1v) is 8.50. The molecule has 2 atom stereocenters. The van der Waals surface area contributed by atoms with Gasteiger partial charge in [-0.25, -0.2) is 8.42 Å². The number of carbonyl (C=O) groups is 2. The second-order valence-corrected chi connectivity index (χ2v) is 8.02. The number of aliphatic carboxylic acids is 1. The van der Waals surface area contributed by atoms with Crippen molar-refractivity contribution in [1.29, 1.82) is 0 Å². The maximum Gasteiger partial charge on any atom is 0.310 e. The van der Waals surface area contributed by atoms with E-state index in [4.69, 9.17) is 9.84 Å². The molecule has 0 aliphatic heterocycles. The summed E-state index contributed by atoms with van der Waals surface area (Å²) in [5.41, 5.74) is -0.652. The molecule has 22 heavy (non-hydrogen) atoms. The summed E-state index contributed by atoms with van der Waals surface area (Å²) in [6, 6.07) is 7.88. The zero-order valence-electron chi connectivity index (χ0n) is 12.4.